The number of rotatable bonds is 7. The third-order valence-corrected chi connectivity index (χ3v) is 8.91. The first-order valence-electron chi connectivity index (χ1n) is 13.1. The molecule has 0 saturated carbocycles. The molecule has 0 atom stereocenters. The number of alkyl halides is 5. The molecule has 7 nitrogen and oxygen atoms in total. The third-order valence-electron chi connectivity index (χ3n) is 6.61. The summed E-state index contributed by atoms with van der Waals surface area (Å²) in [4.78, 5) is 24.0. The van der Waals surface area contributed by atoms with Crippen molar-refractivity contribution in [1.29, 1.82) is 0 Å². The molecule has 0 unspecified atom stereocenters. The maximum absolute atomic E-state index is 13.4. The van der Waals surface area contributed by atoms with Gasteiger partial charge in [-0.25, -0.2) is 13.2 Å². The number of ether oxygens (including phenoxy) is 1. The van der Waals surface area contributed by atoms with Gasteiger partial charge in [-0.2, -0.15) is 13.2 Å². The van der Waals surface area contributed by atoms with E-state index in [9.17, 15) is 31.2 Å². The summed E-state index contributed by atoms with van der Waals surface area (Å²) >= 11 is 12.4. The Hall–Kier alpha value is -4.58. The minimum absolute atomic E-state index is 0.0856. The number of benzene rings is 5. The average Bonchev–Trinajstić information content (AvgIpc) is 3.01. The van der Waals surface area contributed by atoms with E-state index >= 15 is 0 Å². The molecule has 0 spiro atoms. The maximum Gasteiger partial charge on any atom is 0.417 e. The standard InChI is InChI=1S/C32H21Cl2F3N2O5S/c33-29(34)24-18-19(38-31(41)39-30(40)23-12-6-7-13-25(23)32(35,36)37)14-15-27(24)44-26-16-17-28(22-11-5-4-10-21(22)26)45(42,43)20-8-2-1-3-9-20/h1-18,29H,(H2,38,39,40,41). The van der Waals surface area contributed by atoms with Gasteiger partial charge < -0.3 is 10.1 Å². The Balaban J connectivity index is 1.40. The van der Waals surface area contributed by atoms with Gasteiger partial charge in [0.05, 0.1) is 20.9 Å². The number of hydrogen-bond acceptors (Lipinski definition) is 5. The summed E-state index contributed by atoms with van der Waals surface area (Å²) in [6.45, 7) is 0. The van der Waals surface area contributed by atoms with Crippen molar-refractivity contribution in [3.05, 3.63) is 126 Å². The first kappa shape index (κ1) is 31.8. The first-order chi connectivity index (χ1) is 21.4. The molecule has 5 rings (SSSR count). The van der Waals surface area contributed by atoms with Crippen LogP contribution in [0.2, 0.25) is 0 Å². The normalized spacial score (nSPS) is 11.8. The number of nitrogens with one attached hydrogen (secondary N) is 2. The average molecular weight is 673 g/mol. The Morgan fingerprint density at radius 3 is 2.07 bits per heavy atom. The van der Waals surface area contributed by atoms with Gasteiger partial charge >= 0.3 is 12.2 Å². The SMILES string of the molecule is O=C(NC(=O)c1ccccc1C(F)(F)F)Nc1ccc(Oc2ccc(S(=O)(=O)c3ccccc3)c3ccccc23)c(C(Cl)Cl)c1. The van der Waals surface area contributed by atoms with Crippen molar-refractivity contribution in [1.82, 2.24) is 5.32 Å². The number of anilines is 1. The lowest BCUT2D eigenvalue weighted by Gasteiger charge is -2.17. The van der Waals surface area contributed by atoms with Gasteiger partial charge in [0.15, 0.2) is 0 Å². The van der Waals surface area contributed by atoms with Gasteiger partial charge in [0.2, 0.25) is 9.84 Å². The molecule has 0 radical (unpaired) electrons. The summed E-state index contributed by atoms with van der Waals surface area (Å²) in [5.74, 6) is -0.784. The molecular formula is C32H21Cl2F3N2O5S. The number of hydrogen-bond donors (Lipinski definition) is 2. The van der Waals surface area contributed by atoms with Crippen molar-refractivity contribution < 1.29 is 35.9 Å². The summed E-state index contributed by atoms with van der Waals surface area (Å²) in [7, 11) is -3.85. The fourth-order valence-electron chi connectivity index (χ4n) is 4.56. The lowest BCUT2D eigenvalue weighted by Crippen LogP contribution is -2.35. The van der Waals surface area contributed by atoms with Crippen molar-refractivity contribution in [3.8, 4) is 11.5 Å². The monoisotopic (exact) mass is 672 g/mol. The van der Waals surface area contributed by atoms with Crippen LogP contribution >= 0.6 is 23.2 Å². The van der Waals surface area contributed by atoms with Gasteiger partial charge in [0, 0.05) is 22.0 Å². The molecule has 0 aromatic heterocycles. The van der Waals surface area contributed by atoms with E-state index < -0.39 is 43.9 Å². The summed E-state index contributed by atoms with van der Waals surface area (Å²) in [6, 6.07) is 24.9. The van der Waals surface area contributed by atoms with Gasteiger partial charge in [-0.1, -0.05) is 77.8 Å². The zero-order chi connectivity index (χ0) is 32.4. The Morgan fingerprint density at radius 1 is 0.756 bits per heavy atom. The van der Waals surface area contributed by atoms with Crippen LogP contribution in [0.5, 0.6) is 11.5 Å². The Morgan fingerprint density at radius 2 is 1.38 bits per heavy atom. The van der Waals surface area contributed by atoms with E-state index in [1.54, 1.807) is 42.5 Å². The predicted octanol–water partition coefficient (Wildman–Crippen LogP) is 8.92. The summed E-state index contributed by atoms with van der Waals surface area (Å²) in [6.07, 6.45) is -4.80. The maximum atomic E-state index is 13.4. The highest BCUT2D eigenvalue weighted by atomic mass is 35.5. The van der Waals surface area contributed by atoms with Gasteiger partial charge in [-0.3, -0.25) is 10.1 Å². The van der Waals surface area contributed by atoms with Crippen molar-refractivity contribution >= 4 is 61.4 Å². The number of urea groups is 1. The molecule has 5 aromatic rings. The second-order valence-electron chi connectivity index (χ2n) is 9.53. The van der Waals surface area contributed by atoms with Crippen molar-refractivity contribution in [2.24, 2.45) is 0 Å². The van der Waals surface area contributed by atoms with Crippen LogP contribution in [0.15, 0.2) is 119 Å². The number of carbonyl (C=O) groups excluding carboxylic acids is 2. The van der Waals surface area contributed by atoms with Crippen LogP contribution in [-0.4, -0.2) is 20.4 Å². The van der Waals surface area contributed by atoms with E-state index in [4.69, 9.17) is 27.9 Å². The van der Waals surface area contributed by atoms with Crippen LogP contribution < -0.4 is 15.4 Å². The molecule has 2 N–H and O–H groups in total. The van der Waals surface area contributed by atoms with Crippen LogP contribution in [0.3, 0.4) is 0 Å². The fraction of sp³-hybridized carbons (Fsp3) is 0.0625. The molecule has 0 fully saturated rings. The van der Waals surface area contributed by atoms with Gasteiger partial charge in [-0.05, 0) is 54.6 Å². The van der Waals surface area contributed by atoms with Gasteiger partial charge in [-0.15, -0.1) is 0 Å². The minimum atomic E-state index is -4.80. The fourth-order valence-corrected chi connectivity index (χ4v) is 6.39. The minimum Gasteiger partial charge on any atom is -0.456 e. The number of fused-ring (bicyclic) bond motifs is 1. The number of halogens is 5. The number of imide groups is 1. The molecule has 0 aliphatic heterocycles. The molecular weight excluding hydrogens is 652 g/mol. The summed E-state index contributed by atoms with van der Waals surface area (Å²) < 4.78 is 72.8. The Bertz CT molecular complexity index is 2020. The van der Waals surface area contributed by atoms with E-state index in [0.717, 1.165) is 18.2 Å². The highest BCUT2D eigenvalue weighted by Crippen LogP contribution is 2.41. The van der Waals surface area contributed by atoms with E-state index in [0.29, 0.717) is 16.5 Å². The second kappa shape index (κ2) is 12.8. The largest absolute Gasteiger partial charge is 0.456 e. The molecule has 3 amide bonds. The zero-order valence-corrected chi connectivity index (χ0v) is 25.1. The lowest BCUT2D eigenvalue weighted by molar-refractivity contribution is -0.137. The first-order valence-corrected chi connectivity index (χ1v) is 15.4. The topological polar surface area (TPSA) is 102 Å². The predicted molar refractivity (Wildman–Crippen MR) is 165 cm³/mol. The smallest absolute Gasteiger partial charge is 0.417 e. The lowest BCUT2D eigenvalue weighted by atomic mass is 10.1. The Kier molecular flexibility index (Phi) is 9.06. The summed E-state index contributed by atoms with van der Waals surface area (Å²) in [5.41, 5.74) is -1.60. The van der Waals surface area contributed by atoms with Gasteiger partial charge in [0.1, 0.15) is 16.3 Å². The number of carbonyl (C=O) groups is 2. The van der Waals surface area contributed by atoms with E-state index in [-0.39, 0.29) is 26.8 Å². The third kappa shape index (κ3) is 6.90. The van der Waals surface area contributed by atoms with Crippen molar-refractivity contribution in [3.63, 3.8) is 0 Å². The molecule has 0 bridgehead atoms. The number of sulfone groups is 1. The highest BCUT2D eigenvalue weighted by molar-refractivity contribution is 7.91. The Labute approximate surface area is 265 Å². The van der Waals surface area contributed by atoms with Crippen LogP contribution in [0.25, 0.3) is 10.8 Å². The molecule has 45 heavy (non-hydrogen) atoms. The van der Waals surface area contributed by atoms with E-state index in [2.05, 4.69) is 5.32 Å². The van der Waals surface area contributed by atoms with Crippen LogP contribution in [0.1, 0.15) is 26.3 Å². The van der Waals surface area contributed by atoms with Crippen molar-refractivity contribution in [2.45, 2.75) is 20.8 Å². The van der Waals surface area contributed by atoms with E-state index in [1.807, 2.05) is 5.32 Å². The molecule has 13 heteroatoms. The molecule has 0 heterocycles. The van der Waals surface area contributed by atoms with Crippen LogP contribution in [-0.2, 0) is 16.0 Å². The number of amides is 3. The molecule has 230 valence electrons. The molecule has 0 aliphatic carbocycles. The second-order valence-corrected chi connectivity index (χ2v) is 12.5. The summed E-state index contributed by atoms with van der Waals surface area (Å²) in [5, 5.41) is 5.14. The molecule has 0 aliphatic rings. The quantitative estimate of drug-likeness (QED) is 0.168. The molecule has 5 aromatic carbocycles. The van der Waals surface area contributed by atoms with E-state index in [1.165, 1.54) is 48.5 Å². The van der Waals surface area contributed by atoms with Crippen molar-refractivity contribution in [2.75, 3.05) is 5.32 Å². The van der Waals surface area contributed by atoms with Gasteiger partial charge in [0.25, 0.3) is 5.91 Å². The van der Waals surface area contributed by atoms with Crippen LogP contribution in [0.4, 0.5) is 23.7 Å². The highest BCUT2D eigenvalue weighted by Gasteiger charge is 2.35. The molecule has 0 saturated heterocycles. The van der Waals surface area contributed by atoms with Crippen LogP contribution in [0, 0.1) is 0 Å². The zero-order valence-electron chi connectivity index (χ0n) is 22.8.